The molecule has 0 bridgehead atoms. The van der Waals surface area contributed by atoms with E-state index >= 15 is 0 Å². The highest BCUT2D eigenvalue weighted by Crippen LogP contribution is 2.11. The number of hydrogen-bond donors (Lipinski definition) is 2. The summed E-state index contributed by atoms with van der Waals surface area (Å²) < 4.78 is 18.0. The number of H-pyrrole nitrogens is 1. The van der Waals surface area contributed by atoms with Crippen molar-refractivity contribution in [3.05, 3.63) is 76.3 Å². The number of ether oxygens (including phenoxy) is 1. The molecule has 2 N–H and O–H groups in total. The Balaban J connectivity index is 1.59. The summed E-state index contributed by atoms with van der Waals surface area (Å²) in [6, 6.07) is 14.5. The van der Waals surface area contributed by atoms with Crippen molar-refractivity contribution in [2.75, 3.05) is 6.61 Å². The van der Waals surface area contributed by atoms with Gasteiger partial charge in [-0.15, -0.1) is 0 Å². The van der Waals surface area contributed by atoms with E-state index in [4.69, 9.17) is 4.74 Å². The zero-order chi connectivity index (χ0) is 16.9. The number of rotatable bonds is 5. The highest BCUT2D eigenvalue weighted by Gasteiger charge is 2.06. The van der Waals surface area contributed by atoms with Crippen LogP contribution in [0.3, 0.4) is 0 Å². The molecular formula is C18H15FN2O3. The molecule has 122 valence electrons. The number of hydrogen-bond acceptors (Lipinski definition) is 3. The molecule has 2 aromatic carbocycles. The molecule has 0 atom stereocenters. The molecule has 5 nitrogen and oxygen atoms in total. The number of fused-ring (bicyclic) bond motifs is 1. The van der Waals surface area contributed by atoms with Crippen LogP contribution in [0.5, 0.6) is 5.75 Å². The van der Waals surface area contributed by atoms with E-state index < -0.39 is 0 Å². The molecule has 1 heterocycles. The molecule has 0 aliphatic heterocycles. The van der Waals surface area contributed by atoms with Crippen LogP contribution in [0.1, 0.15) is 5.56 Å². The van der Waals surface area contributed by atoms with Gasteiger partial charge in [0.05, 0.1) is 0 Å². The summed E-state index contributed by atoms with van der Waals surface area (Å²) in [4.78, 5) is 26.6. The molecule has 0 spiro atoms. The second kappa shape index (κ2) is 6.95. The van der Waals surface area contributed by atoms with Crippen LogP contribution in [0, 0.1) is 5.82 Å². The lowest BCUT2D eigenvalue weighted by Crippen LogP contribution is -2.30. The predicted octanol–water partition coefficient (Wildman–Crippen LogP) is 2.36. The average molecular weight is 326 g/mol. The van der Waals surface area contributed by atoms with Crippen molar-refractivity contribution in [1.29, 1.82) is 0 Å². The van der Waals surface area contributed by atoms with Crippen LogP contribution in [-0.4, -0.2) is 17.5 Å². The van der Waals surface area contributed by atoms with Crippen LogP contribution in [0.4, 0.5) is 4.39 Å². The largest absolute Gasteiger partial charge is 0.484 e. The second-order valence-corrected chi connectivity index (χ2v) is 5.23. The minimum atomic E-state index is -0.373. The Morgan fingerprint density at radius 2 is 1.88 bits per heavy atom. The highest BCUT2D eigenvalue weighted by molar-refractivity contribution is 5.79. The van der Waals surface area contributed by atoms with Gasteiger partial charge < -0.3 is 15.0 Å². The van der Waals surface area contributed by atoms with Gasteiger partial charge >= 0.3 is 0 Å². The van der Waals surface area contributed by atoms with Gasteiger partial charge in [0.1, 0.15) is 11.6 Å². The maximum Gasteiger partial charge on any atom is 0.258 e. The zero-order valence-electron chi connectivity index (χ0n) is 12.7. The van der Waals surface area contributed by atoms with Gasteiger partial charge in [-0.05, 0) is 41.8 Å². The summed E-state index contributed by atoms with van der Waals surface area (Å²) in [7, 11) is 0. The van der Waals surface area contributed by atoms with E-state index in [1.54, 1.807) is 6.07 Å². The molecule has 0 aliphatic carbocycles. The molecule has 0 saturated carbocycles. The average Bonchev–Trinajstić information content (AvgIpc) is 2.59. The van der Waals surface area contributed by atoms with E-state index in [1.165, 1.54) is 24.3 Å². The third-order valence-electron chi connectivity index (χ3n) is 3.49. The molecule has 0 saturated heterocycles. The van der Waals surface area contributed by atoms with Crippen LogP contribution in [0.2, 0.25) is 0 Å². The van der Waals surface area contributed by atoms with Crippen LogP contribution >= 0.6 is 0 Å². The SMILES string of the molecule is O=C(COc1ccc(F)cc1)NCc1cc2ccccc2[nH]c1=O. The Bertz CT molecular complexity index is 919. The van der Waals surface area contributed by atoms with E-state index in [0.29, 0.717) is 11.3 Å². The monoisotopic (exact) mass is 326 g/mol. The first-order chi connectivity index (χ1) is 11.6. The Morgan fingerprint density at radius 1 is 1.12 bits per heavy atom. The molecule has 0 unspecified atom stereocenters. The van der Waals surface area contributed by atoms with Crippen molar-refractivity contribution in [2.24, 2.45) is 0 Å². The maximum atomic E-state index is 12.8. The first kappa shape index (κ1) is 15.7. The number of benzene rings is 2. The van der Waals surface area contributed by atoms with Crippen LogP contribution in [-0.2, 0) is 11.3 Å². The Hall–Kier alpha value is -3.15. The number of nitrogens with one attached hydrogen (secondary N) is 2. The lowest BCUT2D eigenvalue weighted by atomic mass is 10.1. The van der Waals surface area contributed by atoms with Gasteiger partial charge in [0.25, 0.3) is 11.5 Å². The first-order valence-electron chi connectivity index (χ1n) is 7.38. The molecule has 24 heavy (non-hydrogen) atoms. The van der Waals surface area contributed by atoms with E-state index in [0.717, 1.165) is 10.9 Å². The van der Waals surface area contributed by atoms with Crippen LogP contribution < -0.4 is 15.6 Å². The van der Waals surface area contributed by atoms with E-state index in [9.17, 15) is 14.0 Å². The molecule has 6 heteroatoms. The lowest BCUT2D eigenvalue weighted by Gasteiger charge is -2.08. The Morgan fingerprint density at radius 3 is 2.67 bits per heavy atom. The molecule has 1 amide bonds. The standard InChI is InChI=1S/C18H15FN2O3/c19-14-5-7-15(8-6-14)24-11-17(22)20-10-13-9-12-3-1-2-4-16(12)21-18(13)23/h1-9H,10-11H2,(H,20,22)(H,21,23). The van der Waals surface area contributed by atoms with E-state index in [2.05, 4.69) is 10.3 Å². The summed E-state index contributed by atoms with van der Waals surface area (Å²) in [5.74, 6) is -0.343. The normalized spacial score (nSPS) is 10.5. The molecule has 0 fully saturated rings. The summed E-state index contributed by atoms with van der Waals surface area (Å²) in [6.07, 6.45) is 0. The predicted molar refractivity (Wildman–Crippen MR) is 88.3 cm³/mol. The summed E-state index contributed by atoms with van der Waals surface area (Å²) in [5.41, 5.74) is 0.967. The number of carbonyl (C=O) groups excluding carboxylic acids is 1. The first-order valence-corrected chi connectivity index (χ1v) is 7.38. The molecule has 3 aromatic rings. The number of para-hydroxylation sites is 1. The van der Waals surface area contributed by atoms with E-state index in [1.807, 2.05) is 24.3 Å². The summed E-state index contributed by atoms with van der Waals surface area (Å²) >= 11 is 0. The van der Waals surface area contributed by atoms with Gasteiger partial charge in [0.15, 0.2) is 6.61 Å². The van der Waals surface area contributed by atoms with Crippen molar-refractivity contribution in [3.8, 4) is 5.75 Å². The molecule has 3 rings (SSSR count). The fourth-order valence-corrected chi connectivity index (χ4v) is 2.25. The van der Waals surface area contributed by atoms with Crippen LogP contribution in [0.15, 0.2) is 59.4 Å². The summed E-state index contributed by atoms with van der Waals surface area (Å²) in [5, 5.41) is 3.52. The summed E-state index contributed by atoms with van der Waals surface area (Å²) in [6.45, 7) is -0.108. The number of aromatic amines is 1. The second-order valence-electron chi connectivity index (χ2n) is 5.23. The molecular weight excluding hydrogens is 311 g/mol. The fourth-order valence-electron chi connectivity index (χ4n) is 2.25. The Labute approximate surface area is 137 Å². The number of aromatic nitrogens is 1. The number of halogens is 1. The number of pyridine rings is 1. The van der Waals surface area contributed by atoms with Gasteiger partial charge in [0.2, 0.25) is 0 Å². The van der Waals surface area contributed by atoms with Crippen molar-refractivity contribution in [2.45, 2.75) is 6.54 Å². The highest BCUT2D eigenvalue weighted by atomic mass is 19.1. The lowest BCUT2D eigenvalue weighted by molar-refractivity contribution is -0.123. The smallest absolute Gasteiger partial charge is 0.258 e. The van der Waals surface area contributed by atoms with Gasteiger partial charge in [-0.2, -0.15) is 0 Å². The van der Waals surface area contributed by atoms with Gasteiger partial charge in [0, 0.05) is 17.6 Å². The quantitative estimate of drug-likeness (QED) is 0.756. The van der Waals surface area contributed by atoms with Gasteiger partial charge in [-0.1, -0.05) is 18.2 Å². The van der Waals surface area contributed by atoms with E-state index in [-0.39, 0.29) is 30.4 Å². The minimum Gasteiger partial charge on any atom is -0.484 e. The molecule has 0 radical (unpaired) electrons. The fraction of sp³-hybridized carbons (Fsp3) is 0.111. The maximum absolute atomic E-state index is 12.8. The zero-order valence-corrected chi connectivity index (χ0v) is 12.7. The topological polar surface area (TPSA) is 71.2 Å². The number of amides is 1. The molecule has 0 aliphatic rings. The van der Waals surface area contributed by atoms with Crippen molar-refractivity contribution in [3.63, 3.8) is 0 Å². The molecule has 1 aromatic heterocycles. The van der Waals surface area contributed by atoms with Crippen LogP contribution in [0.25, 0.3) is 10.9 Å². The third-order valence-corrected chi connectivity index (χ3v) is 3.49. The van der Waals surface area contributed by atoms with Gasteiger partial charge in [-0.3, -0.25) is 9.59 Å². The Kier molecular flexibility index (Phi) is 4.56. The van der Waals surface area contributed by atoms with Crippen molar-refractivity contribution in [1.82, 2.24) is 10.3 Å². The van der Waals surface area contributed by atoms with Crippen molar-refractivity contribution < 1.29 is 13.9 Å². The third kappa shape index (κ3) is 3.78. The number of carbonyl (C=O) groups is 1. The van der Waals surface area contributed by atoms with Gasteiger partial charge in [-0.25, -0.2) is 4.39 Å². The van der Waals surface area contributed by atoms with Crippen molar-refractivity contribution >= 4 is 16.8 Å². The minimum absolute atomic E-state index is 0.103.